The molecule has 0 aliphatic heterocycles. The topological polar surface area (TPSA) is 23.6 Å². The van der Waals surface area contributed by atoms with E-state index in [9.17, 15) is 4.79 Å². The van der Waals surface area contributed by atoms with Gasteiger partial charge in [-0.2, -0.15) is 5.92 Å². The molecule has 0 radical (unpaired) electrons. The molecule has 0 aromatic carbocycles. The van der Waals surface area contributed by atoms with Gasteiger partial charge < -0.3 is 16.2 Å². The van der Waals surface area contributed by atoms with E-state index >= 15 is 0 Å². The summed E-state index contributed by atoms with van der Waals surface area (Å²) < 4.78 is 0. The molecular formula is C38H61N2OTi-. The monoisotopic (exact) mass is 609 g/mol. The molecule has 4 heteroatoms. The normalized spacial score (nSPS) is 32.6. The van der Waals surface area contributed by atoms with Crippen molar-refractivity contribution in [3.8, 4) is 0 Å². The van der Waals surface area contributed by atoms with Crippen molar-refractivity contribution in [3.63, 3.8) is 0 Å². The van der Waals surface area contributed by atoms with Crippen LogP contribution in [0.4, 0.5) is 4.79 Å². The number of nitrogens with zero attached hydrogens (tertiary/aromatic N) is 2. The van der Waals surface area contributed by atoms with Gasteiger partial charge in [-0.15, -0.1) is 12.0 Å². The molecule has 42 heavy (non-hydrogen) atoms. The molecule has 0 N–H and O–H groups in total. The maximum atomic E-state index is 14.3. The molecular weight excluding hydrogens is 548 g/mol. The van der Waals surface area contributed by atoms with Crippen molar-refractivity contribution in [2.45, 2.75) is 178 Å². The number of hydrogen-bond acceptors (Lipinski definition) is 1. The minimum absolute atomic E-state index is 0. The number of amides is 2. The first-order valence-corrected chi connectivity index (χ1v) is 18.6. The fourth-order valence-electron chi connectivity index (χ4n) is 10.2. The molecule has 4 atom stereocenters. The maximum absolute atomic E-state index is 14.3. The van der Waals surface area contributed by atoms with Crippen LogP contribution in [0.1, 0.15) is 154 Å². The Morgan fingerprint density at radius 3 is 1.33 bits per heavy atom. The SMILES string of the molecule is C1=CC2[CH-]C3CCCCC3C2C=C1.O=C(N(C1CCCCC1)C1CCCCC1)N(C1CCCCC1)C1CCCCC1.[Ti]. The second-order valence-corrected chi connectivity index (χ2v) is 15.0. The van der Waals surface area contributed by atoms with E-state index in [0.29, 0.717) is 30.2 Å². The van der Waals surface area contributed by atoms with Crippen molar-refractivity contribution in [3.05, 3.63) is 30.7 Å². The van der Waals surface area contributed by atoms with E-state index in [-0.39, 0.29) is 21.7 Å². The number of hydrogen-bond donors (Lipinski definition) is 0. The van der Waals surface area contributed by atoms with Gasteiger partial charge >= 0.3 is 6.03 Å². The summed E-state index contributed by atoms with van der Waals surface area (Å²) in [6, 6.07) is 2.58. The maximum Gasteiger partial charge on any atom is 0.321 e. The van der Waals surface area contributed by atoms with Crippen LogP contribution in [-0.2, 0) is 21.7 Å². The molecule has 0 saturated heterocycles. The molecule has 0 spiro atoms. The van der Waals surface area contributed by atoms with Gasteiger partial charge in [-0.3, -0.25) is 0 Å². The van der Waals surface area contributed by atoms with Gasteiger partial charge in [-0.1, -0.05) is 127 Å². The van der Waals surface area contributed by atoms with E-state index in [2.05, 4.69) is 40.5 Å². The first kappa shape index (κ1) is 32.8. The minimum Gasteiger partial charge on any atom is -0.319 e. The molecule has 7 aliphatic carbocycles. The van der Waals surface area contributed by atoms with Crippen LogP contribution in [0, 0.1) is 30.1 Å². The van der Waals surface area contributed by atoms with Crippen LogP contribution in [0.2, 0.25) is 0 Å². The number of allylic oxidation sites excluding steroid dienone is 4. The average molecular weight is 610 g/mol. The van der Waals surface area contributed by atoms with Gasteiger partial charge in [-0.05, 0) is 57.3 Å². The van der Waals surface area contributed by atoms with Crippen LogP contribution in [0.3, 0.4) is 0 Å². The Morgan fingerprint density at radius 2 is 0.881 bits per heavy atom. The summed E-state index contributed by atoms with van der Waals surface area (Å²) in [5.41, 5.74) is 0. The molecule has 0 heterocycles. The third-order valence-corrected chi connectivity index (χ3v) is 12.4. The molecule has 7 aliphatic rings. The van der Waals surface area contributed by atoms with Gasteiger partial charge in [0.15, 0.2) is 0 Å². The molecule has 3 nitrogen and oxygen atoms in total. The van der Waals surface area contributed by atoms with Crippen LogP contribution in [0.15, 0.2) is 24.3 Å². The van der Waals surface area contributed by atoms with Crippen molar-refractivity contribution in [2.24, 2.45) is 23.7 Å². The number of urea groups is 1. The summed E-state index contributed by atoms with van der Waals surface area (Å²) in [6.45, 7) is 0. The summed E-state index contributed by atoms with van der Waals surface area (Å²) in [5, 5.41) is 0. The molecule has 234 valence electrons. The summed E-state index contributed by atoms with van der Waals surface area (Å²) in [7, 11) is 0. The predicted molar refractivity (Wildman–Crippen MR) is 172 cm³/mol. The van der Waals surface area contributed by atoms with Crippen LogP contribution in [0.25, 0.3) is 0 Å². The zero-order valence-corrected chi connectivity index (χ0v) is 28.3. The molecule has 0 aromatic heterocycles. The van der Waals surface area contributed by atoms with Gasteiger partial charge in [-0.25, -0.2) is 4.79 Å². The van der Waals surface area contributed by atoms with E-state index in [1.807, 2.05) is 0 Å². The standard InChI is InChI=1S/C25H44N2O.C13H17.Ti/c28-25(26(21-13-5-1-6-14-21)22-15-7-2-8-16-22)27(23-17-9-3-10-18-23)24-19-11-4-12-20-24;1-3-7-12-10(5-1)9-11-6-2-4-8-13(11)12;/h21-24H,1-20H2;1,3,5,7,9-13H,2,4,6,8H2;/q;-1;. The van der Waals surface area contributed by atoms with Gasteiger partial charge in [0.2, 0.25) is 0 Å². The van der Waals surface area contributed by atoms with Crippen LogP contribution < -0.4 is 0 Å². The average Bonchev–Trinajstić information content (AvgIpc) is 3.43. The Kier molecular flexibility index (Phi) is 13.0. The van der Waals surface area contributed by atoms with Crippen LogP contribution in [-0.4, -0.2) is 40.0 Å². The first-order chi connectivity index (χ1) is 20.3. The van der Waals surface area contributed by atoms with E-state index in [0.717, 1.165) is 23.7 Å². The van der Waals surface area contributed by atoms with Gasteiger partial charge in [0.05, 0.1) is 0 Å². The van der Waals surface area contributed by atoms with E-state index in [4.69, 9.17) is 0 Å². The summed E-state index contributed by atoms with van der Waals surface area (Å²) in [6.07, 6.45) is 43.9. The largest absolute Gasteiger partial charge is 0.321 e. The summed E-state index contributed by atoms with van der Waals surface area (Å²) >= 11 is 0. The second-order valence-electron chi connectivity index (χ2n) is 15.0. The smallest absolute Gasteiger partial charge is 0.319 e. The van der Waals surface area contributed by atoms with Crippen LogP contribution in [0.5, 0.6) is 0 Å². The van der Waals surface area contributed by atoms with Crippen molar-refractivity contribution < 1.29 is 26.5 Å². The fourth-order valence-corrected chi connectivity index (χ4v) is 10.2. The minimum atomic E-state index is 0. The molecule has 4 unspecified atom stereocenters. The number of fused-ring (bicyclic) bond motifs is 3. The molecule has 6 fully saturated rings. The van der Waals surface area contributed by atoms with Gasteiger partial charge in [0.1, 0.15) is 0 Å². The second kappa shape index (κ2) is 16.7. The summed E-state index contributed by atoms with van der Waals surface area (Å²) in [5.74, 6) is 3.56. The third-order valence-electron chi connectivity index (χ3n) is 12.4. The van der Waals surface area contributed by atoms with Crippen molar-refractivity contribution in [1.82, 2.24) is 9.80 Å². The Hall–Kier alpha value is -0.536. The van der Waals surface area contributed by atoms with Gasteiger partial charge in [0.25, 0.3) is 0 Å². The van der Waals surface area contributed by atoms with Crippen LogP contribution >= 0.6 is 0 Å². The Labute approximate surface area is 274 Å². The third kappa shape index (κ3) is 7.99. The zero-order chi connectivity index (χ0) is 27.9. The van der Waals surface area contributed by atoms with E-state index in [1.165, 1.54) is 154 Å². The van der Waals surface area contributed by atoms with Crippen molar-refractivity contribution in [2.75, 3.05) is 0 Å². The van der Waals surface area contributed by atoms with Crippen molar-refractivity contribution >= 4 is 6.03 Å². The van der Waals surface area contributed by atoms with E-state index < -0.39 is 0 Å². The van der Waals surface area contributed by atoms with E-state index in [1.54, 1.807) is 0 Å². The zero-order valence-electron chi connectivity index (χ0n) is 26.8. The molecule has 0 aromatic rings. The first-order valence-electron chi connectivity index (χ1n) is 18.6. The Morgan fingerprint density at radius 1 is 0.500 bits per heavy atom. The number of carbonyl (C=O) groups excluding carboxylic acids is 1. The molecule has 6 saturated carbocycles. The quantitative estimate of drug-likeness (QED) is 0.230. The Balaban J connectivity index is 0.000000209. The molecule has 7 rings (SSSR count). The number of rotatable bonds is 4. The van der Waals surface area contributed by atoms with Gasteiger partial charge in [0, 0.05) is 45.9 Å². The molecule has 2 amide bonds. The molecule has 0 bridgehead atoms. The Bertz CT molecular complexity index is 784. The van der Waals surface area contributed by atoms with Crippen molar-refractivity contribution in [1.29, 1.82) is 0 Å². The summed E-state index contributed by atoms with van der Waals surface area (Å²) in [4.78, 5) is 19.3. The predicted octanol–water partition coefficient (Wildman–Crippen LogP) is 10.4. The fraction of sp³-hybridized carbons (Fsp3) is 0.842. The number of carbonyl (C=O) groups is 1.